The van der Waals surface area contributed by atoms with Crippen molar-refractivity contribution in [3.63, 3.8) is 0 Å². The number of aryl methyl sites for hydroxylation is 1. The second-order valence-electron chi connectivity index (χ2n) is 4.18. The fraction of sp³-hybridized carbons (Fsp3) is 0.143. The Morgan fingerprint density at radius 1 is 1.45 bits per heavy atom. The van der Waals surface area contributed by atoms with Crippen molar-refractivity contribution in [2.24, 2.45) is 0 Å². The van der Waals surface area contributed by atoms with Crippen molar-refractivity contribution in [1.29, 1.82) is 5.26 Å². The van der Waals surface area contributed by atoms with E-state index >= 15 is 0 Å². The summed E-state index contributed by atoms with van der Waals surface area (Å²) in [5.41, 5.74) is 1.87. The molecule has 2 aromatic rings. The number of nitriles is 1. The minimum Gasteiger partial charge on any atom is -0.312 e. The van der Waals surface area contributed by atoms with Crippen LogP contribution in [0.5, 0.6) is 0 Å². The highest BCUT2D eigenvalue weighted by Crippen LogP contribution is 2.32. The predicted octanol–water partition coefficient (Wildman–Crippen LogP) is 4.90. The van der Waals surface area contributed by atoms with Crippen LogP contribution in [0.15, 0.2) is 22.7 Å². The highest BCUT2D eigenvalue weighted by Gasteiger charge is 2.16. The molecule has 0 unspecified atom stereocenters. The van der Waals surface area contributed by atoms with Crippen molar-refractivity contribution in [2.75, 3.05) is 5.32 Å². The Morgan fingerprint density at radius 2 is 2.15 bits per heavy atom. The Hall–Kier alpha value is -1.35. The Morgan fingerprint density at radius 3 is 2.75 bits per heavy atom. The minimum atomic E-state index is -0.280. The third-order valence-corrected chi connectivity index (χ3v) is 5.26. The number of carbonyl (C=O) groups excluding carboxylic acids is 1. The largest absolute Gasteiger partial charge is 0.312 e. The van der Waals surface area contributed by atoms with Gasteiger partial charge in [-0.1, -0.05) is 11.6 Å². The number of nitrogens with zero attached hydrogens (tertiary/aromatic N) is 1. The molecule has 0 fully saturated rings. The highest BCUT2D eigenvalue weighted by molar-refractivity contribution is 9.10. The van der Waals surface area contributed by atoms with Crippen LogP contribution in [0.3, 0.4) is 0 Å². The fourth-order valence-electron chi connectivity index (χ4n) is 1.66. The van der Waals surface area contributed by atoms with Gasteiger partial charge in [-0.05, 0) is 53.5 Å². The Kier molecular flexibility index (Phi) is 4.48. The SMILES string of the molecule is Cc1sc(NC(=O)c2ccc(Br)c(Cl)c2)c(C#N)c1C. The van der Waals surface area contributed by atoms with Gasteiger partial charge < -0.3 is 5.32 Å². The van der Waals surface area contributed by atoms with E-state index in [1.165, 1.54) is 11.3 Å². The maximum atomic E-state index is 12.2. The lowest BCUT2D eigenvalue weighted by Gasteiger charge is -2.04. The molecule has 0 atom stereocenters. The molecule has 0 aliphatic heterocycles. The molecule has 3 nitrogen and oxygen atoms in total. The summed E-state index contributed by atoms with van der Waals surface area (Å²) in [6, 6.07) is 7.09. The van der Waals surface area contributed by atoms with Gasteiger partial charge >= 0.3 is 0 Å². The highest BCUT2D eigenvalue weighted by atomic mass is 79.9. The van der Waals surface area contributed by atoms with Gasteiger partial charge in [0.05, 0.1) is 10.6 Å². The van der Waals surface area contributed by atoms with E-state index in [4.69, 9.17) is 16.9 Å². The maximum Gasteiger partial charge on any atom is 0.256 e. The molecule has 1 aromatic carbocycles. The van der Waals surface area contributed by atoms with Crippen LogP contribution in [0, 0.1) is 25.2 Å². The maximum absolute atomic E-state index is 12.2. The number of nitrogens with one attached hydrogen (secondary N) is 1. The zero-order valence-corrected chi connectivity index (χ0v) is 13.9. The summed E-state index contributed by atoms with van der Waals surface area (Å²) < 4.78 is 0.733. The van der Waals surface area contributed by atoms with E-state index in [-0.39, 0.29) is 5.91 Å². The lowest BCUT2D eigenvalue weighted by molar-refractivity contribution is 0.102. The zero-order chi connectivity index (χ0) is 14.9. The molecule has 0 bridgehead atoms. The van der Waals surface area contributed by atoms with E-state index in [1.807, 2.05) is 13.8 Å². The van der Waals surface area contributed by atoms with Crippen LogP contribution in [-0.4, -0.2) is 5.91 Å². The van der Waals surface area contributed by atoms with E-state index in [0.717, 1.165) is 14.9 Å². The molecule has 20 heavy (non-hydrogen) atoms. The van der Waals surface area contributed by atoms with Gasteiger partial charge in [0.1, 0.15) is 11.1 Å². The number of halogens is 2. The van der Waals surface area contributed by atoms with Gasteiger partial charge in [-0.3, -0.25) is 4.79 Å². The quantitative estimate of drug-likeness (QED) is 0.818. The van der Waals surface area contributed by atoms with Crippen LogP contribution >= 0.6 is 38.9 Å². The first-order valence-electron chi connectivity index (χ1n) is 5.70. The second kappa shape index (κ2) is 5.96. The average Bonchev–Trinajstić information content (AvgIpc) is 2.67. The molecule has 102 valence electrons. The van der Waals surface area contributed by atoms with E-state index in [2.05, 4.69) is 27.3 Å². The first-order valence-corrected chi connectivity index (χ1v) is 7.69. The molecule has 0 aliphatic rings. The molecule has 0 saturated carbocycles. The summed E-state index contributed by atoms with van der Waals surface area (Å²) in [5.74, 6) is -0.280. The average molecular weight is 370 g/mol. The molecule has 1 heterocycles. The number of hydrogen-bond acceptors (Lipinski definition) is 3. The van der Waals surface area contributed by atoms with Gasteiger partial charge in [-0.15, -0.1) is 11.3 Å². The minimum absolute atomic E-state index is 0.280. The van der Waals surface area contributed by atoms with Crippen LogP contribution in [0.1, 0.15) is 26.4 Å². The zero-order valence-electron chi connectivity index (χ0n) is 10.8. The number of benzene rings is 1. The van der Waals surface area contributed by atoms with Crippen molar-refractivity contribution in [2.45, 2.75) is 13.8 Å². The van der Waals surface area contributed by atoms with Gasteiger partial charge in [-0.25, -0.2) is 0 Å². The van der Waals surface area contributed by atoms with Gasteiger partial charge in [-0.2, -0.15) is 5.26 Å². The van der Waals surface area contributed by atoms with E-state index in [9.17, 15) is 4.79 Å². The number of thiophene rings is 1. The Balaban J connectivity index is 2.30. The normalized spacial score (nSPS) is 10.2. The van der Waals surface area contributed by atoms with Crippen LogP contribution in [0.25, 0.3) is 0 Å². The summed E-state index contributed by atoms with van der Waals surface area (Å²) in [7, 11) is 0. The second-order valence-corrected chi connectivity index (χ2v) is 6.67. The van der Waals surface area contributed by atoms with E-state index in [1.54, 1.807) is 18.2 Å². The van der Waals surface area contributed by atoms with Crippen LogP contribution in [-0.2, 0) is 0 Å². The monoisotopic (exact) mass is 368 g/mol. The van der Waals surface area contributed by atoms with Crippen LogP contribution in [0.2, 0.25) is 5.02 Å². The summed E-state index contributed by atoms with van der Waals surface area (Å²) in [6.45, 7) is 3.80. The topological polar surface area (TPSA) is 52.9 Å². The summed E-state index contributed by atoms with van der Waals surface area (Å²) in [6.07, 6.45) is 0. The molecule has 1 aromatic heterocycles. The molecular weight excluding hydrogens is 360 g/mol. The van der Waals surface area contributed by atoms with Crippen LogP contribution in [0.4, 0.5) is 5.00 Å². The van der Waals surface area contributed by atoms with Gasteiger partial charge in [0.2, 0.25) is 0 Å². The molecule has 1 amide bonds. The first-order chi connectivity index (χ1) is 9.43. The third-order valence-electron chi connectivity index (χ3n) is 2.91. The number of anilines is 1. The molecule has 2 rings (SSSR count). The Bertz CT molecular complexity index is 734. The standard InChI is InChI=1S/C14H10BrClN2OS/c1-7-8(2)20-14(10(7)6-17)18-13(19)9-3-4-11(15)12(16)5-9/h3-5H,1-2H3,(H,18,19). The van der Waals surface area contributed by atoms with E-state index < -0.39 is 0 Å². The van der Waals surface area contributed by atoms with Gasteiger partial charge in [0.25, 0.3) is 5.91 Å². The van der Waals surface area contributed by atoms with Gasteiger partial charge in [0.15, 0.2) is 0 Å². The smallest absolute Gasteiger partial charge is 0.256 e. The number of rotatable bonds is 2. The lowest BCUT2D eigenvalue weighted by atomic mass is 10.1. The van der Waals surface area contributed by atoms with Crippen molar-refractivity contribution in [1.82, 2.24) is 0 Å². The van der Waals surface area contributed by atoms with Crippen molar-refractivity contribution < 1.29 is 4.79 Å². The van der Waals surface area contributed by atoms with Crippen molar-refractivity contribution in [3.8, 4) is 6.07 Å². The first kappa shape index (κ1) is 15.0. The molecule has 0 saturated heterocycles. The third kappa shape index (κ3) is 2.88. The van der Waals surface area contributed by atoms with Crippen molar-refractivity contribution >= 4 is 49.8 Å². The summed E-state index contributed by atoms with van der Waals surface area (Å²) >= 11 is 10.6. The molecule has 0 radical (unpaired) electrons. The number of hydrogen-bond donors (Lipinski definition) is 1. The van der Waals surface area contributed by atoms with Gasteiger partial charge in [0, 0.05) is 14.9 Å². The Labute approximate surface area is 134 Å². The van der Waals surface area contributed by atoms with E-state index in [0.29, 0.717) is 21.2 Å². The van der Waals surface area contributed by atoms with Crippen molar-refractivity contribution in [3.05, 3.63) is 49.3 Å². The molecule has 0 spiro atoms. The predicted molar refractivity (Wildman–Crippen MR) is 85.6 cm³/mol. The summed E-state index contributed by atoms with van der Waals surface area (Å²) in [5, 5.41) is 13.0. The molecule has 0 aliphatic carbocycles. The lowest BCUT2D eigenvalue weighted by Crippen LogP contribution is -2.11. The molecular formula is C14H10BrClN2OS. The number of amides is 1. The number of carbonyl (C=O) groups is 1. The summed E-state index contributed by atoms with van der Waals surface area (Å²) in [4.78, 5) is 13.2. The molecule has 1 N–H and O–H groups in total. The van der Waals surface area contributed by atoms with Crippen LogP contribution < -0.4 is 5.32 Å². The molecule has 6 heteroatoms. The fourth-order valence-corrected chi connectivity index (χ4v) is 3.10.